The number of para-hydroxylation sites is 1. The molecule has 4 heteroatoms. The van der Waals surface area contributed by atoms with Gasteiger partial charge in [-0.2, -0.15) is 0 Å². The summed E-state index contributed by atoms with van der Waals surface area (Å²) in [6, 6.07) is 15.8. The Morgan fingerprint density at radius 2 is 1.80 bits per heavy atom. The quantitative estimate of drug-likeness (QED) is 0.797. The minimum absolute atomic E-state index is 0.00229. The molecule has 0 aliphatic heterocycles. The number of anilines is 1. The molecular weight excluding hydrogens is 334 g/mol. The third-order valence-corrected chi connectivity index (χ3v) is 4.64. The smallest absolute Gasteiger partial charge is 0.237 e. The number of aryl methyl sites for hydroxylation is 1. The maximum absolute atomic E-state index is 12.2. The van der Waals surface area contributed by atoms with Crippen molar-refractivity contribution in [3.63, 3.8) is 0 Å². The molecule has 0 heterocycles. The van der Waals surface area contributed by atoms with Crippen molar-refractivity contribution in [1.82, 2.24) is 0 Å². The van der Waals surface area contributed by atoms with E-state index >= 15 is 0 Å². The molecule has 0 saturated carbocycles. The van der Waals surface area contributed by atoms with Crippen LogP contribution in [0.15, 0.2) is 57.9 Å². The predicted octanol–water partition coefficient (Wildman–Crippen LogP) is 4.88. The normalized spacial score (nSPS) is 11.9. The molecule has 0 fully saturated rings. The Hall–Kier alpha value is -1.26. The van der Waals surface area contributed by atoms with E-state index in [2.05, 4.69) is 40.3 Å². The van der Waals surface area contributed by atoms with Gasteiger partial charge in [0.25, 0.3) is 0 Å². The first-order chi connectivity index (χ1) is 9.56. The molecule has 0 aliphatic carbocycles. The summed E-state index contributed by atoms with van der Waals surface area (Å²) in [7, 11) is 0. The number of thioether (sulfide) groups is 1. The number of benzene rings is 2. The van der Waals surface area contributed by atoms with E-state index < -0.39 is 0 Å². The van der Waals surface area contributed by atoms with Crippen molar-refractivity contribution in [1.29, 1.82) is 0 Å². The standard InChI is InChI=1S/C16H16BrNOS/c1-11-7-9-13(10-8-11)20-12(2)16(19)18-15-6-4-3-5-14(15)17/h3-10,12H,1-2H3,(H,18,19)/t12-/m0/s1. The van der Waals surface area contributed by atoms with E-state index in [1.54, 1.807) is 11.8 Å². The molecule has 0 spiro atoms. The van der Waals surface area contributed by atoms with Crippen LogP contribution in [0.5, 0.6) is 0 Å². The van der Waals surface area contributed by atoms with Gasteiger partial charge in [-0.05, 0) is 54.0 Å². The van der Waals surface area contributed by atoms with Crippen LogP contribution in [0.3, 0.4) is 0 Å². The van der Waals surface area contributed by atoms with E-state index in [0.29, 0.717) is 0 Å². The summed E-state index contributed by atoms with van der Waals surface area (Å²) >= 11 is 4.99. The molecule has 0 saturated heterocycles. The predicted molar refractivity (Wildman–Crippen MR) is 89.3 cm³/mol. The molecule has 0 radical (unpaired) electrons. The summed E-state index contributed by atoms with van der Waals surface area (Å²) in [5.41, 5.74) is 2.02. The van der Waals surface area contributed by atoms with Crippen LogP contribution in [0, 0.1) is 6.92 Å². The van der Waals surface area contributed by atoms with Crippen LogP contribution in [0.25, 0.3) is 0 Å². The number of rotatable bonds is 4. The number of halogens is 1. The summed E-state index contributed by atoms with van der Waals surface area (Å²) in [6.07, 6.45) is 0. The summed E-state index contributed by atoms with van der Waals surface area (Å²) in [4.78, 5) is 13.3. The van der Waals surface area contributed by atoms with Crippen molar-refractivity contribution in [3.8, 4) is 0 Å². The van der Waals surface area contributed by atoms with E-state index in [0.717, 1.165) is 15.1 Å². The van der Waals surface area contributed by atoms with Crippen molar-refractivity contribution in [2.24, 2.45) is 0 Å². The maximum Gasteiger partial charge on any atom is 0.237 e. The highest BCUT2D eigenvalue weighted by Gasteiger charge is 2.15. The minimum Gasteiger partial charge on any atom is -0.324 e. The van der Waals surface area contributed by atoms with Crippen LogP contribution in [0.4, 0.5) is 5.69 Å². The third kappa shape index (κ3) is 4.12. The molecule has 1 N–H and O–H groups in total. The summed E-state index contributed by atoms with van der Waals surface area (Å²) in [5.74, 6) is 0.00229. The second-order valence-electron chi connectivity index (χ2n) is 4.54. The van der Waals surface area contributed by atoms with Crippen LogP contribution in [-0.4, -0.2) is 11.2 Å². The van der Waals surface area contributed by atoms with Crippen molar-refractivity contribution in [3.05, 3.63) is 58.6 Å². The molecule has 20 heavy (non-hydrogen) atoms. The first kappa shape index (κ1) is 15.1. The Balaban J connectivity index is 1.99. The Kier molecular flexibility index (Phi) is 5.26. The zero-order chi connectivity index (χ0) is 14.5. The minimum atomic E-state index is -0.148. The maximum atomic E-state index is 12.2. The number of carbonyl (C=O) groups is 1. The van der Waals surface area contributed by atoms with E-state index in [-0.39, 0.29) is 11.2 Å². The number of carbonyl (C=O) groups excluding carboxylic acids is 1. The molecular formula is C16H16BrNOS. The van der Waals surface area contributed by atoms with Gasteiger partial charge in [0.05, 0.1) is 10.9 Å². The van der Waals surface area contributed by atoms with Crippen LogP contribution in [-0.2, 0) is 4.79 Å². The molecule has 0 bridgehead atoms. The number of nitrogens with one attached hydrogen (secondary N) is 1. The van der Waals surface area contributed by atoms with E-state index in [1.807, 2.05) is 43.3 Å². The van der Waals surface area contributed by atoms with Gasteiger partial charge in [-0.1, -0.05) is 29.8 Å². The fourth-order valence-electron chi connectivity index (χ4n) is 1.67. The number of hydrogen-bond acceptors (Lipinski definition) is 2. The van der Waals surface area contributed by atoms with Gasteiger partial charge in [0.1, 0.15) is 0 Å². The Morgan fingerprint density at radius 3 is 2.45 bits per heavy atom. The molecule has 2 aromatic rings. The number of hydrogen-bond donors (Lipinski definition) is 1. The Bertz CT molecular complexity index is 598. The second-order valence-corrected chi connectivity index (χ2v) is 6.81. The van der Waals surface area contributed by atoms with E-state index in [1.165, 1.54) is 5.56 Å². The van der Waals surface area contributed by atoms with E-state index in [9.17, 15) is 4.79 Å². The lowest BCUT2D eigenvalue weighted by atomic mass is 10.2. The van der Waals surface area contributed by atoms with E-state index in [4.69, 9.17) is 0 Å². The van der Waals surface area contributed by atoms with Gasteiger partial charge in [-0.15, -0.1) is 11.8 Å². The van der Waals surface area contributed by atoms with Crippen molar-refractivity contribution in [2.75, 3.05) is 5.32 Å². The summed E-state index contributed by atoms with van der Waals surface area (Å²) < 4.78 is 0.890. The van der Waals surface area contributed by atoms with Crippen molar-refractivity contribution >= 4 is 39.3 Å². The first-order valence-electron chi connectivity index (χ1n) is 6.35. The lowest BCUT2D eigenvalue weighted by Gasteiger charge is -2.13. The summed E-state index contributed by atoms with van der Waals surface area (Å²) in [6.45, 7) is 3.97. The van der Waals surface area contributed by atoms with Gasteiger partial charge < -0.3 is 5.32 Å². The fourth-order valence-corrected chi connectivity index (χ4v) is 2.92. The lowest BCUT2D eigenvalue weighted by Crippen LogP contribution is -2.22. The molecule has 0 unspecified atom stereocenters. The van der Waals surface area contributed by atoms with Gasteiger partial charge in [0.15, 0.2) is 0 Å². The van der Waals surface area contributed by atoms with Crippen LogP contribution in [0.2, 0.25) is 0 Å². The van der Waals surface area contributed by atoms with Crippen LogP contribution in [0.1, 0.15) is 12.5 Å². The third-order valence-electron chi connectivity index (χ3n) is 2.83. The average molecular weight is 350 g/mol. The molecule has 1 atom stereocenters. The van der Waals surface area contributed by atoms with Crippen LogP contribution < -0.4 is 5.32 Å². The van der Waals surface area contributed by atoms with Gasteiger partial charge in [0, 0.05) is 9.37 Å². The molecule has 2 aromatic carbocycles. The molecule has 2 nitrogen and oxygen atoms in total. The first-order valence-corrected chi connectivity index (χ1v) is 8.02. The average Bonchev–Trinajstić information content (AvgIpc) is 2.44. The van der Waals surface area contributed by atoms with Crippen LogP contribution >= 0.6 is 27.7 Å². The highest BCUT2D eigenvalue weighted by atomic mass is 79.9. The van der Waals surface area contributed by atoms with Gasteiger partial charge in [-0.25, -0.2) is 0 Å². The van der Waals surface area contributed by atoms with Gasteiger partial charge in [-0.3, -0.25) is 4.79 Å². The zero-order valence-electron chi connectivity index (χ0n) is 11.4. The highest BCUT2D eigenvalue weighted by molar-refractivity contribution is 9.10. The lowest BCUT2D eigenvalue weighted by molar-refractivity contribution is -0.115. The Labute approximate surface area is 132 Å². The number of amides is 1. The Morgan fingerprint density at radius 1 is 1.15 bits per heavy atom. The molecule has 2 rings (SSSR count). The molecule has 1 amide bonds. The van der Waals surface area contributed by atoms with Crippen molar-refractivity contribution in [2.45, 2.75) is 24.0 Å². The largest absolute Gasteiger partial charge is 0.324 e. The van der Waals surface area contributed by atoms with Crippen molar-refractivity contribution < 1.29 is 4.79 Å². The zero-order valence-corrected chi connectivity index (χ0v) is 13.8. The summed E-state index contributed by atoms with van der Waals surface area (Å²) in [5, 5.41) is 2.79. The fraction of sp³-hybridized carbons (Fsp3) is 0.188. The topological polar surface area (TPSA) is 29.1 Å². The van der Waals surface area contributed by atoms with Gasteiger partial charge >= 0.3 is 0 Å². The molecule has 0 aromatic heterocycles. The second kappa shape index (κ2) is 6.95. The highest BCUT2D eigenvalue weighted by Crippen LogP contribution is 2.26. The SMILES string of the molecule is Cc1ccc(S[C@@H](C)C(=O)Nc2ccccc2Br)cc1. The molecule has 104 valence electrons. The monoisotopic (exact) mass is 349 g/mol. The van der Waals surface area contributed by atoms with Gasteiger partial charge in [0.2, 0.25) is 5.91 Å². The molecule has 0 aliphatic rings.